The summed E-state index contributed by atoms with van der Waals surface area (Å²) in [5.41, 5.74) is 3.02. The number of nitrogens with one attached hydrogen (secondary N) is 1. The van der Waals surface area contributed by atoms with Crippen LogP contribution in [0.3, 0.4) is 0 Å². The number of amides is 1. The van der Waals surface area contributed by atoms with E-state index in [1.54, 1.807) is 6.20 Å². The van der Waals surface area contributed by atoms with Gasteiger partial charge in [-0.2, -0.15) is 0 Å². The van der Waals surface area contributed by atoms with E-state index in [0.29, 0.717) is 13.0 Å². The molecule has 1 heterocycles. The largest absolute Gasteiger partial charge is 0.494 e. The van der Waals surface area contributed by atoms with Crippen molar-refractivity contribution in [3.8, 4) is 5.75 Å². The molecule has 1 amide bonds. The third-order valence-corrected chi connectivity index (χ3v) is 2.81. The van der Waals surface area contributed by atoms with Gasteiger partial charge in [-0.05, 0) is 31.0 Å². The quantitative estimate of drug-likeness (QED) is 0.359. The molecule has 2 rings (SSSR count). The first-order chi connectivity index (χ1) is 9.29. The van der Waals surface area contributed by atoms with Crippen molar-refractivity contribution in [1.29, 1.82) is 0 Å². The van der Waals surface area contributed by atoms with E-state index in [-0.39, 0.29) is 5.91 Å². The van der Waals surface area contributed by atoms with Gasteiger partial charge in [0, 0.05) is 24.1 Å². The minimum Gasteiger partial charge on any atom is -0.494 e. The van der Waals surface area contributed by atoms with Crippen LogP contribution in [0.1, 0.15) is 19.3 Å². The van der Waals surface area contributed by atoms with Crippen molar-refractivity contribution in [1.82, 2.24) is 10.4 Å². The topological polar surface area (TPSA) is 77.2 Å². The molecule has 0 radical (unpaired) electrons. The van der Waals surface area contributed by atoms with E-state index in [0.717, 1.165) is 29.5 Å². The zero-order chi connectivity index (χ0) is 13.5. The molecule has 1 aromatic heterocycles. The van der Waals surface area contributed by atoms with Crippen LogP contribution < -0.4 is 16.0 Å². The van der Waals surface area contributed by atoms with Crippen LogP contribution in [0, 0.1) is 0 Å². The SMILES string of the molecule is NNC(=O)CCCCOc1ccc2cccnc2c1. The highest BCUT2D eigenvalue weighted by molar-refractivity contribution is 5.79. The summed E-state index contributed by atoms with van der Waals surface area (Å²) in [6.07, 6.45) is 3.76. The van der Waals surface area contributed by atoms with E-state index in [2.05, 4.69) is 10.4 Å². The predicted molar refractivity (Wildman–Crippen MR) is 73.4 cm³/mol. The number of hydrogen-bond acceptors (Lipinski definition) is 4. The molecule has 0 fully saturated rings. The standard InChI is InChI=1S/C14H17N3O2/c15-17-14(18)5-1-2-9-19-12-7-6-11-4-3-8-16-13(11)10-12/h3-4,6-8,10H,1-2,5,9,15H2,(H,17,18). The number of hydrogen-bond donors (Lipinski definition) is 2. The molecule has 3 N–H and O–H groups in total. The van der Waals surface area contributed by atoms with Gasteiger partial charge in [0.15, 0.2) is 0 Å². The highest BCUT2D eigenvalue weighted by Gasteiger charge is 2.00. The second-order valence-electron chi connectivity index (χ2n) is 4.23. The van der Waals surface area contributed by atoms with Crippen molar-refractivity contribution in [2.24, 2.45) is 5.84 Å². The molecule has 0 bridgehead atoms. The zero-order valence-electron chi connectivity index (χ0n) is 10.6. The third-order valence-electron chi connectivity index (χ3n) is 2.81. The number of fused-ring (bicyclic) bond motifs is 1. The van der Waals surface area contributed by atoms with Crippen molar-refractivity contribution in [2.75, 3.05) is 6.61 Å². The van der Waals surface area contributed by atoms with Gasteiger partial charge in [-0.25, -0.2) is 5.84 Å². The molecule has 0 aliphatic heterocycles. The lowest BCUT2D eigenvalue weighted by Gasteiger charge is -2.06. The van der Waals surface area contributed by atoms with Gasteiger partial charge in [-0.15, -0.1) is 0 Å². The fourth-order valence-corrected chi connectivity index (χ4v) is 1.79. The van der Waals surface area contributed by atoms with Gasteiger partial charge >= 0.3 is 0 Å². The Morgan fingerprint density at radius 1 is 1.32 bits per heavy atom. The molecule has 5 nitrogen and oxygen atoms in total. The maximum atomic E-state index is 10.9. The Hall–Kier alpha value is -2.14. The molecule has 0 aliphatic rings. The van der Waals surface area contributed by atoms with Crippen LogP contribution in [0.4, 0.5) is 0 Å². The van der Waals surface area contributed by atoms with Crippen LogP contribution in [0.25, 0.3) is 10.9 Å². The number of pyridine rings is 1. The Morgan fingerprint density at radius 2 is 2.21 bits per heavy atom. The number of unbranched alkanes of at least 4 members (excludes halogenated alkanes) is 1. The number of hydrazine groups is 1. The normalized spacial score (nSPS) is 10.4. The maximum Gasteiger partial charge on any atom is 0.233 e. The number of carbonyl (C=O) groups is 1. The van der Waals surface area contributed by atoms with E-state index >= 15 is 0 Å². The molecule has 0 saturated heterocycles. The fourth-order valence-electron chi connectivity index (χ4n) is 1.79. The molecule has 5 heteroatoms. The molecule has 0 spiro atoms. The number of rotatable bonds is 6. The van der Waals surface area contributed by atoms with Crippen molar-refractivity contribution in [2.45, 2.75) is 19.3 Å². The molecule has 100 valence electrons. The predicted octanol–water partition coefficient (Wildman–Crippen LogP) is 1.77. The molecule has 2 aromatic rings. The summed E-state index contributed by atoms with van der Waals surface area (Å²) in [6, 6.07) is 9.75. The summed E-state index contributed by atoms with van der Waals surface area (Å²) in [6.45, 7) is 0.580. The summed E-state index contributed by atoms with van der Waals surface area (Å²) in [5, 5.41) is 1.09. The van der Waals surface area contributed by atoms with Gasteiger partial charge in [-0.3, -0.25) is 15.2 Å². The number of ether oxygens (including phenoxy) is 1. The summed E-state index contributed by atoms with van der Waals surface area (Å²) >= 11 is 0. The van der Waals surface area contributed by atoms with Crippen LogP contribution in [-0.2, 0) is 4.79 Å². The summed E-state index contributed by atoms with van der Waals surface area (Å²) < 4.78 is 5.63. The van der Waals surface area contributed by atoms with E-state index in [4.69, 9.17) is 10.6 Å². The first-order valence-electron chi connectivity index (χ1n) is 6.26. The average molecular weight is 259 g/mol. The zero-order valence-corrected chi connectivity index (χ0v) is 10.6. The Kier molecular flexibility index (Phi) is 4.69. The van der Waals surface area contributed by atoms with Crippen LogP contribution in [0.15, 0.2) is 36.5 Å². The summed E-state index contributed by atoms with van der Waals surface area (Å²) in [7, 11) is 0. The van der Waals surface area contributed by atoms with Crippen molar-refractivity contribution >= 4 is 16.8 Å². The van der Waals surface area contributed by atoms with E-state index in [9.17, 15) is 4.79 Å². The van der Waals surface area contributed by atoms with Crippen LogP contribution in [-0.4, -0.2) is 17.5 Å². The second kappa shape index (κ2) is 6.70. The van der Waals surface area contributed by atoms with Gasteiger partial charge < -0.3 is 4.74 Å². The molecule has 0 unspecified atom stereocenters. The highest BCUT2D eigenvalue weighted by Crippen LogP contribution is 2.18. The molecule has 0 aliphatic carbocycles. The molecular weight excluding hydrogens is 242 g/mol. The first kappa shape index (κ1) is 13.3. The van der Waals surface area contributed by atoms with Crippen molar-refractivity contribution in [3.05, 3.63) is 36.5 Å². The van der Waals surface area contributed by atoms with Crippen LogP contribution in [0.2, 0.25) is 0 Å². The van der Waals surface area contributed by atoms with Gasteiger partial charge in [0.05, 0.1) is 12.1 Å². The van der Waals surface area contributed by atoms with Gasteiger partial charge in [-0.1, -0.05) is 6.07 Å². The third kappa shape index (κ3) is 3.93. The summed E-state index contributed by atoms with van der Waals surface area (Å²) in [4.78, 5) is 15.2. The maximum absolute atomic E-state index is 10.9. The number of nitrogens with two attached hydrogens (primary N) is 1. The van der Waals surface area contributed by atoms with Crippen molar-refractivity contribution in [3.63, 3.8) is 0 Å². The second-order valence-corrected chi connectivity index (χ2v) is 4.23. The average Bonchev–Trinajstić information content (AvgIpc) is 2.46. The first-order valence-corrected chi connectivity index (χ1v) is 6.26. The number of carbonyl (C=O) groups excluding carboxylic acids is 1. The summed E-state index contributed by atoms with van der Waals surface area (Å²) in [5.74, 6) is 5.65. The highest BCUT2D eigenvalue weighted by atomic mass is 16.5. The lowest BCUT2D eigenvalue weighted by atomic mass is 10.2. The molecule has 0 atom stereocenters. The monoisotopic (exact) mass is 259 g/mol. The number of nitrogens with zero attached hydrogens (tertiary/aromatic N) is 1. The van der Waals surface area contributed by atoms with E-state index in [1.807, 2.05) is 30.3 Å². The molecule has 19 heavy (non-hydrogen) atoms. The smallest absolute Gasteiger partial charge is 0.233 e. The van der Waals surface area contributed by atoms with E-state index < -0.39 is 0 Å². The number of benzene rings is 1. The molecular formula is C14H17N3O2. The molecule has 0 saturated carbocycles. The minimum atomic E-state index is -0.144. The lowest BCUT2D eigenvalue weighted by molar-refractivity contribution is -0.121. The van der Waals surface area contributed by atoms with E-state index in [1.165, 1.54) is 0 Å². The Labute approximate surface area is 111 Å². The lowest BCUT2D eigenvalue weighted by Crippen LogP contribution is -2.29. The van der Waals surface area contributed by atoms with Crippen LogP contribution in [0.5, 0.6) is 5.75 Å². The Balaban J connectivity index is 1.80. The van der Waals surface area contributed by atoms with Gasteiger partial charge in [0.1, 0.15) is 5.75 Å². The van der Waals surface area contributed by atoms with Gasteiger partial charge in [0.2, 0.25) is 5.91 Å². The minimum absolute atomic E-state index is 0.144. The Morgan fingerprint density at radius 3 is 3.05 bits per heavy atom. The Bertz CT molecular complexity index is 557. The van der Waals surface area contributed by atoms with Crippen LogP contribution >= 0.6 is 0 Å². The fraction of sp³-hybridized carbons (Fsp3) is 0.286. The van der Waals surface area contributed by atoms with Crippen molar-refractivity contribution < 1.29 is 9.53 Å². The number of aromatic nitrogens is 1. The molecule has 1 aromatic carbocycles. The van der Waals surface area contributed by atoms with Gasteiger partial charge in [0.25, 0.3) is 0 Å².